The van der Waals surface area contributed by atoms with Gasteiger partial charge in [-0.3, -0.25) is 10.5 Å². The van der Waals surface area contributed by atoms with Crippen LogP contribution in [-0.2, 0) is 16.6 Å². The number of nitrogen functional groups attached to an aromatic ring is 1. The molecule has 0 saturated carbocycles. The minimum absolute atomic E-state index is 0.202. The number of sulfonamides is 1. The van der Waals surface area contributed by atoms with Gasteiger partial charge in [-0.25, -0.2) is 13.1 Å². The van der Waals surface area contributed by atoms with Gasteiger partial charge in [-0.15, -0.1) is 0 Å². The molecule has 0 radical (unpaired) electrons. The van der Waals surface area contributed by atoms with E-state index in [2.05, 4.69) is 15.2 Å². The van der Waals surface area contributed by atoms with Crippen LogP contribution in [0.4, 0.5) is 5.69 Å². The van der Waals surface area contributed by atoms with Gasteiger partial charge in [0.15, 0.2) is 0 Å². The van der Waals surface area contributed by atoms with E-state index in [1.165, 1.54) is 12.1 Å². The summed E-state index contributed by atoms with van der Waals surface area (Å²) in [6, 6.07) is 6.20. The fourth-order valence-corrected chi connectivity index (χ4v) is 2.72. The Labute approximate surface area is 117 Å². The van der Waals surface area contributed by atoms with Crippen molar-refractivity contribution in [3.05, 3.63) is 42.2 Å². The van der Waals surface area contributed by atoms with E-state index in [-0.39, 0.29) is 11.4 Å². The van der Waals surface area contributed by atoms with Crippen LogP contribution in [0.3, 0.4) is 0 Å². The monoisotopic (exact) mass is 295 g/mol. The Bertz CT molecular complexity index is 663. The number of benzene rings is 1. The van der Waals surface area contributed by atoms with Crippen LogP contribution in [0.25, 0.3) is 0 Å². The van der Waals surface area contributed by atoms with E-state index in [0.29, 0.717) is 12.2 Å². The average molecular weight is 295 g/mol. The maximum absolute atomic E-state index is 12.0. The third-order valence-electron chi connectivity index (χ3n) is 2.73. The van der Waals surface area contributed by atoms with Gasteiger partial charge in [-0.05, 0) is 36.8 Å². The zero-order valence-electron chi connectivity index (χ0n) is 11.1. The van der Waals surface area contributed by atoms with Crippen LogP contribution in [0.2, 0.25) is 0 Å². The molecule has 108 valence electrons. The Morgan fingerprint density at radius 3 is 2.55 bits per heavy atom. The topological polar surface area (TPSA) is 102 Å². The zero-order valence-corrected chi connectivity index (χ0v) is 11.9. The number of hydrogen-bond acceptors (Lipinski definition) is 5. The van der Waals surface area contributed by atoms with Crippen molar-refractivity contribution >= 4 is 15.7 Å². The lowest BCUT2D eigenvalue weighted by molar-refractivity contribution is 0.561. The Morgan fingerprint density at radius 1 is 1.30 bits per heavy atom. The molecule has 0 fully saturated rings. The summed E-state index contributed by atoms with van der Waals surface area (Å²) in [5.41, 5.74) is 4.13. The highest BCUT2D eigenvalue weighted by molar-refractivity contribution is 7.89. The molecule has 1 heterocycles. The average Bonchev–Trinajstić information content (AvgIpc) is 2.84. The van der Waals surface area contributed by atoms with E-state index >= 15 is 0 Å². The highest BCUT2D eigenvalue weighted by atomic mass is 32.2. The lowest BCUT2D eigenvalue weighted by Gasteiger charge is -2.07. The second-order valence-corrected chi connectivity index (χ2v) is 6.11. The van der Waals surface area contributed by atoms with Gasteiger partial charge < -0.3 is 5.43 Å². The third kappa shape index (κ3) is 3.56. The van der Waals surface area contributed by atoms with Gasteiger partial charge in [0.05, 0.1) is 17.6 Å². The fraction of sp³-hybridized carbons (Fsp3) is 0.250. The largest absolute Gasteiger partial charge is 0.324 e. The lowest BCUT2D eigenvalue weighted by Crippen LogP contribution is -2.27. The molecule has 0 amide bonds. The maximum Gasteiger partial charge on any atom is 0.240 e. The smallest absolute Gasteiger partial charge is 0.240 e. The summed E-state index contributed by atoms with van der Waals surface area (Å²) in [5.74, 6) is 5.23. The van der Waals surface area contributed by atoms with E-state index in [9.17, 15) is 8.42 Å². The summed E-state index contributed by atoms with van der Waals surface area (Å²) in [5, 5.41) is 4.09. The Hall–Kier alpha value is -1.90. The highest BCUT2D eigenvalue weighted by Crippen LogP contribution is 2.12. The van der Waals surface area contributed by atoms with Crippen molar-refractivity contribution in [2.45, 2.75) is 18.4 Å². The number of nitrogens with one attached hydrogen (secondary N) is 2. The summed E-state index contributed by atoms with van der Waals surface area (Å²) >= 11 is 0. The summed E-state index contributed by atoms with van der Waals surface area (Å²) in [7, 11) is -3.51. The standard InChI is InChI=1S/C12H17N5O2S/c1-10-8-14-17(9-10)7-6-15-20(18,19)12-4-2-11(16-13)3-5-12/h2-5,8-9,15-16H,6-7,13H2,1H3. The molecule has 4 N–H and O–H groups in total. The number of aryl methyl sites for hydroxylation is 1. The molecular weight excluding hydrogens is 278 g/mol. The molecule has 20 heavy (non-hydrogen) atoms. The van der Waals surface area contributed by atoms with Gasteiger partial charge in [0.25, 0.3) is 0 Å². The number of rotatable bonds is 6. The summed E-state index contributed by atoms with van der Waals surface area (Å²) in [4.78, 5) is 0.202. The second-order valence-electron chi connectivity index (χ2n) is 4.35. The molecule has 0 aliphatic heterocycles. The van der Waals surface area contributed by atoms with E-state index < -0.39 is 10.0 Å². The van der Waals surface area contributed by atoms with Crippen LogP contribution >= 0.6 is 0 Å². The molecule has 0 aliphatic carbocycles. The quantitative estimate of drug-likeness (QED) is 0.530. The fourth-order valence-electron chi connectivity index (χ4n) is 1.70. The Morgan fingerprint density at radius 2 is 2.00 bits per heavy atom. The molecule has 0 unspecified atom stereocenters. The predicted octanol–water partition coefficient (Wildman–Crippen LogP) is 0.456. The first kappa shape index (κ1) is 14.5. The van der Waals surface area contributed by atoms with E-state index in [1.54, 1.807) is 23.0 Å². The first-order valence-corrected chi connectivity index (χ1v) is 7.55. The van der Waals surface area contributed by atoms with Crippen molar-refractivity contribution in [2.75, 3.05) is 12.0 Å². The summed E-state index contributed by atoms with van der Waals surface area (Å²) < 4.78 is 28.3. The van der Waals surface area contributed by atoms with Crippen molar-refractivity contribution in [1.82, 2.24) is 14.5 Å². The van der Waals surface area contributed by atoms with Crippen molar-refractivity contribution in [3.63, 3.8) is 0 Å². The molecule has 2 rings (SSSR count). The molecule has 0 spiro atoms. The molecule has 0 atom stereocenters. The molecule has 8 heteroatoms. The summed E-state index contributed by atoms with van der Waals surface area (Å²) in [6.07, 6.45) is 3.59. The van der Waals surface area contributed by atoms with Crippen LogP contribution in [-0.4, -0.2) is 24.7 Å². The van der Waals surface area contributed by atoms with Gasteiger partial charge in [0, 0.05) is 18.4 Å². The number of aromatic nitrogens is 2. The molecule has 0 bridgehead atoms. The zero-order chi connectivity index (χ0) is 14.6. The van der Waals surface area contributed by atoms with Gasteiger partial charge in [-0.2, -0.15) is 5.10 Å². The maximum atomic E-state index is 12.0. The van der Waals surface area contributed by atoms with Crippen LogP contribution in [0, 0.1) is 6.92 Å². The minimum Gasteiger partial charge on any atom is -0.324 e. The van der Waals surface area contributed by atoms with Crippen molar-refractivity contribution in [1.29, 1.82) is 0 Å². The van der Waals surface area contributed by atoms with E-state index in [1.807, 2.05) is 13.1 Å². The normalized spacial score (nSPS) is 11.5. The van der Waals surface area contributed by atoms with Crippen molar-refractivity contribution in [3.8, 4) is 0 Å². The van der Waals surface area contributed by atoms with Crippen molar-refractivity contribution in [2.24, 2.45) is 5.84 Å². The molecule has 1 aromatic heterocycles. The molecule has 0 aliphatic rings. The van der Waals surface area contributed by atoms with Crippen LogP contribution in [0.5, 0.6) is 0 Å². The van der Waals surface area contributed by atoms with E-state index in [4.69, 9.17) is 5.84 Å². The number of anilines is 1. The number of nitrogens with two attached hydrogens (primary N) is 1. The molecule has 1 aromatic carbocycles. The van der Waals surface area contributed by atoms with Gasteiger partial charge in [-0.1, -0.05) is 0 Å². The molecule has 2 aromatic rings. The first-order chi connectivity index (χ1) is 9.51. The Balaban J connectivity index is 1.96. The molecule has 7 nitrogen and oxygen atoms in total. The minimum atomic E-state index is -3.51. The third-order valence-corrected chi connectivity index (χ3v) is 4.20. The van der Waals surface area contributed by atoms with Crippen molar-refractivity contribution < 1.29 is 8.42 Å². The molecule has 0 saturated heterocycles. The van der Waals surface area contributed by atoms with Crippen LogP contribution in [0.15, 0.2) is 41.6 Å². The van der Waals surface area contributed by atoms with Gasteiger partial charge >= 0.3 is 0 Å². The SMILES string of the molecule is Cc1cnn(CCNS(=O)(=O)c2ccc(NN)cc2)c1. The second kappa shape index (κ2) is 6.04. The number of hydrogen-bond donors (Lipinski definition) is 3. The van der Waals surface area contributed by atoms with Gasteiger partial charge in [0.1, 0.15) is 0 Å². The first-order valence-electron chi connectivity index (χ1n) is 6.07. The van der Waals surface area contributed by atoms with Crippen LogP contribution in [0.1, 0.15) is 5.56 Å². The van der Waals surface area contributed by atoms with Gasteiger partial charge in [0.2, 0.25) is 10.0 Å². The molecular formula is C12H17N5O2S. The Kier molecular flexibility index (Phi) is 4.38. The van der Waals surface area contributed by atoms with E-state index in [0.717, 1.165) is 5.56 Å². The highest BCUT2D eigenvalue weighted by Gasteiger charge is 2.12. The van der Waals surface area contributed by atoms with Crippen LogP contribution < -0.4 is 16.0 Å². The summed E-state index contributed by atoms with van der Waals surface area (Å²) in [6.45, 7) is 2.69. The lowest BCUT2D eigenvalue weighted by atomic mass is 10.3. The number of hydrazine groups is 1. The predicted molar refractivity (Wildman–Crippen MR) is 76.4 cm³/mol. The number of nitrogens with zero attached hydrogens (tertiary/aromatic N) is 2.